The molecule has 0 aliphatic rings. The Bertz CT molecular complexity index is 877. The zero-order chi connectivity index (χ0) is 17.8. The Labute approximate surface area is 155 Å². The van der Waals surface area contributed by atoms with E-state index in [1.54, 1.807) is 37.1 Å². The minimum Gasteiger partial charge on any atom is -0.345 e. The molecule has 0 aliphatic carbocycles. The molecular weight excluding hydrogens is 356 g/mol. The first-order valence-corrected chi connectivity index (χ1v) is 9.00. The lowest BCUT2D eigenvalue weighted by atomic mass is 10.1. The molecule has 25 heavy (non-hydrogen) atoms. The summed E-state index contributed by atoms with van der Waals surface area (Å²) in [5.41, 5.74) is 2.72. The van der Waals surface area contributed by atoms with E-state index >= 15 is 0 Å². The van der Waals surface area contributed by atoms with Gasteiger partial charge in [-0.05, 0) is 35.9 Å². The second-order valence-corrected chi connectivity index (χ2v) is 7.03. The van der Waals surface area contributed by atoms with Gasteiger partial charge in [-0.2, -0.15) is 0 Å². The van der Waals surface area contributed by atoms with E-state index in [-0.39, 0.29) is 5.91 Å². The van der Waals surface area contributed by atoms with Crippen LogP contribution in [0.5, 0.6) is 0 Å². The molecule has 1 aromatic heterocycles. The highest BCUT2D eigenvalue weighted by molar-refractivity contribution is 7.98. The molecule has 3 aromatic rings. The van der Waals surface area contributed by atoms with Gasteiger partial charge >= 0.3 is 0 Å². The summed E-state index contributed by atoms with van der Waals surface area (Å²) >= 11 is 7.64. The smallest absolute Gasteiger partial charge is 0.253 e. The molecule has 0 saturated carbocycles. The SMILES string of the molecule is CN(C)C(=O)c1ccc(CSc2nncn2-c2cccc(Cl)c2)cc1. The number of amides is 1. The molecule has 0 unspecified atom stereocenters. The Kier molecular flexibility index (Phi) is 5.40. The predicted molar refractivity (Wildman–Crippen MR) is 100 cm³/mol. The Morgan fingerprint density at radius 3 is 2.64 bits per heavy atom. The zero-order valence-electron chi connectivity index (χ0n) is 13.9. The number of benzene rings is 2. The highest BCUT2D eigenvalue weighted by Gasteiger charge is 2.10. The lowest BCUT2D eigenvalue weighted by molar-refractivity contribution is 0.0827. The van der Waals surface area contributed by atoms with Crippen LogP contribution < -0.4 is 0 Å². The second kappa shape index (κ2) is 7.72. The Morgan fingerprint density at radius 2 is 1.96 bits per heavy atom. The van der Waals surface area contributed by atoms with Crippen molar-refractivity contribution in [2.45, 2.75) is 10.9 Å². The first-order chi connectivity index (χ1) is 12.0. The molecule has 128 valence electrons. The van der Waals surface area contributed by atoms with Crippen LogP contribution in [0.1, 0.15) is 15.9 Å². The summed E-state index contributed by atoms with van der Waals surface area (Å²) in [4.78, 5) is 13.5. The average Bonchev–Trinajstić information content (AvgIpc) is 3.08. The molecule has 0 radical (unpaired) electrons. The number of aromatic nitrogens is 3. The van der Waals surface area contributed by atoms with Crippen molar-refractivity contribution in [2.24, 2.45) is 0 Å². The van der Waals surface area contributed by atoms with Crippen LogP contribution in [0.4, 0.5) is 0 Å². The van der Waals surface area contributed by atoms with Crippen molar-refractivity contribution in [1.29, 1.82) is 0 Å². The average molecular weight is 373 g/mol. The van der Waals surface area contributed by atoms with Crippen molar-refractivity contribution >= 4 is 29.3 Å². The van der Waals surface area contributed by atoms with Gasteiger partial charge in [0.2, 0.25) is 0 Å². The summed E-state index contributed by atoms with van der Waals surface area (Å²) in [6.45, 7) is 0. The van der Waals surface area contributed by atoms with Crippen molar-refractivity contribution in [2.75, 3.05) is 14.1 Å². The highest BCUT2D eigenvalue weighted by Crippen LogP contribution is 2.24. The van der Waals surface area contributed by atoms with E-state index in [1.165, 1.54) is 0 Å². The fourth-order valence-electron chi connectivity index (χ4n) is 2.28. The standard InChI is InChI=1S/C18H17ClN4OS/c1-22(2)17(24)14-8-6-13(7-9-14)11-25-18-21-20-12-23(18)16-5-3-4-15(19)10-16/h3-10,12H,11H2,1-2H3. The highest BCUT2D eigenvalue weighted by atomic mass is 35.5. The number of thioether (sulfide) groups is 1. The van der Waals surface area contributed by atoms with Crippen LogP contribution in [-0.2, 0) is 5.75 Å². The molecule has 1 heterocycles. The fourth-order valence-corrected chi connectivity index (χ4v) is 3.34. The molecule has 2 aromatic carbocycles. The number of hydrogen-bond donors (Lipinski definition) is 0. The van der Waals surface area contributed by atoms with Crippen LogP contribution in [-0.4, -0.2) is 39.7 Å². The van der Waals surface area contributed by atoms with Gasteiger partial charge in [-0.1, -0.05) is 41.6 Å². The van der Waals surface area contributed by atoms with Gasteiger partial charge in [0.25, 0.3) is 5.91 Å². The second-order valence-electron chi connectivity index (χ2n) is 5.65. The van der Waals surface area contributed by atoms with Crippen LogP contribution in [0.3, 0.4) is 0 Å². The van der Waals surface area contributed by atoms with Gasteiger partial charge in [0.1, 0.15) is 6.33 Å². The number of rotatable bonds is 5. The molecule has 7 heteroatoms. The number of carbonyl (C=O) groups excluding carboxylic acids is 1. The fraction of sp³-hybridized carbons (Fsp3) is 0.167. The molecule has 0 atom stereocenters. The van der Waals surface area contributed by atoms with Crippen molar-refractivity contribution in [3.05, 3.63) is 71.0 Å². The molecule has 1 amide bonds. The molecule has 3 rings (SSSR count). The van der Waals surface area contributed by atoms with Crippen LogP contribution in [0.2, 0.25) is 5.02 Å². The largest absolute Gasteiger partial charge is 0.345 e. The normalized spacial score (nSPS) is 10.7. The van der Waals surface area contributed by atoms with E-state index in [9.17, 15) is 4.79 Å². The van der Waals surface area contributed by atoms with Gasteiger partial charge < -0.3 is 4.90 Å². The third kappa shape index (κ3) is 4.21. The van der Waals surface area contributed by atoms with E-state index in [0.717, 1.165) is 22.2 Å². The lowest BCUT2D eigenvalue weighted by Gasteiger charge is -2.10. The van der Waals surface area contributed by atoms with E-state index < -0.39 is 0 Å². The van der Waals surface area contributed by atoms with E-state index in [1.807, 2.05) is 53.1 Å². The summed E-state index contributed by atoms with van der Waals surface area (Å²) in [5, 5.41) is 9.63. The van der Waals surface area contributed by atoms with Crippen LogP contribution in [0.15, 0.2) is 60.0 Å². The Morgan fingerprint density at radius 1 is 1.20 bits per heavy atom. The van der Waals surface area contributed by atoms with Crippen LogP contribution in [0.25, 0.3) is 5.69 Å². The summed E-state index contributed by atoms with van der Waals surface area (Å²) in [6, 6.07) is 15.2. The van der Waals surface area contributed by atoms with Crippen molar-refractivity contribution < 1.29 is 4.79 Å². The molecule has 0 bridgehead atoms. The summed E-state index contributed by atoms with van der Waals surface area (Å²) in [6.07, 6.45) is 1.67. The van der Waals surface area contributed by atoms with Crippen LogP contribution >= 0.6 is 23.4 Å². The minimum absolute atomic E-state index is 0.0000904. The number of halogens is 1. The van der Waals surface area contributed by atoms with Gasteiger partial charge in [0, 0.05) is 30.4 Å². The Balaban J connectivity index is 1.71. The predicted octanol–water partition coefficient (Wildman–Crippen LogP) is 3.91. The minimum atomic E-state index is -0.0000904. The zero-order valence-corrected chi connectivity index (χ0v) is 15.5. The molecule has 0 N–H and O–H groups in total. The van der Waals surface area contributed by atoms with Gasteiger partial charge in [-0.25, -0.2) is 0 Å². The maximum atomic E-state index is 11.9. The maximum absolute atomic E-state index is 11.9. The quantitative estimate of drug-likeness (QED) is 0.637. The van der Waals surface area contributed by atoms with E-state index in [4.69, 9.17) is 11.6 Å². The third-order valence-electron chi connectivity index (χ3n) is 3.58. The van der Waals surface area contributed by atoms with Crippen molar-refractivity contribution in [3.8, 4) is 5.69 Å². The molecule has 0 aliphatic heterocycles. The molecule has 0 fully saturated rings. The number of carbonyl (C=O) groups is 1. The van der Waals surface area contributed by atoms with Gasteiger partial charge in [-0.3, -0.25) is 9.36 Å². The topological polar surface area (TPSA) is 51.0 Å². The molecular formula is C18H17ClN4OS. The summed E-state index contributed by atoms with van der Waals surface area (Å²) in [7, 11) is 3.49. The lowest BCUT2D eigenvalue weighted by Crippen LogP contribution is -2.21. The monoisotopic (exact) mass is 372 g/mol. The first-order valence-electron chi connectivity index (χ1n) is 7.64. The van der Waals surface area contributed by atoms with Gasteiger partial charge in [0.15, 0.2) is 5.16 Å². The number of hydrogen-bond acceptors (Lipinski definition) is 4. The van der Waals surface area contributed by atoms with Crippen molar-refractivity contribution in [3.63, 3.8) is 0 Å². The summed E-state index contributed by atoms with van der Waals surface area (Å²) in [5.74, 6) is 0.732. The molecule has 0 spiro atoms. The Hall–Kier alpha value is -2.31. The maximum Gasteiger partial charge on any atom is 0.253 e. The third-order valence-corrected chi connectivity index (χ3v) is 4.83. The molecule has 5 nitrogen and oxygen atoms in total. The van der Waals surface area contributed by atoms with Gasteiger partial charge in [-0.15, -0.1) is 10.2 Å². The number of nitrogens with zero attached hydrogens (tertiary/aromatic N) is 4. The van der Waals surface area contributed by atoms with E-state index in [0.29, 0.717) is 10.6 Å². The summed E-state index contributed by atoms with van der Waals surface area (Å²) < 4.78 is 1.90. The van der Waals surface area contributed by atoms with E-state index in [2.05, 4.69) is 10.2 Å². The van der Waals surface area contributed by atoms with Crippen molar-refractivity contribution in [1.82, 2.24) is 19.7 Å². The molecule has 0 saturated heterocycles. The van der Waals surface area contributed by atoms with Gasteiger partial charge in [0.05, 0.1) is 5.69 Å². The first kappa shape index (κ1) is 17.5. The van der Waals surface area contributed by atoms with Crippen LogP contribution in [0, 0.1) is 0 Å².